The Hall–Kier alpha value is -2.18. The van der Waals surface area contributed by atoms with Gasteiger partial charge in [-0.05, 0) is 63.4 Å². The maximum atomic E-state index is 12.8. The van der Waals surface area contributed by atoms with Crippen LogP contribution in [-0.4, -0.2) is 52.2 Å². The molecule has 26 heavy (non-hydrogen) atoms. The molecule has 2 aliphatic rings. The third-order valence-corrected chi connectivity index (χ3v) is 5.50. The minimum atomic E-state index is -0.0198. The van der Waals surface area contributed by atoms with Gasteiger partial charge in [-0.25, -0.2) is 4.98 Å². The summed E-state index contributed by atoms with van der Waals surface area (Å²) in [4.78, 5) is 19.5. The van der Waals surface area contributed by atoms with Crippen LogP contribution < -0.4 is 5.32 Å². The lowest BCUT2D eigenvalue weighted by Crippen LogP contribution is -2.47. The fourth-order valence-electron chi connectivity index (χ4n) is 4.11. The highest BCUT2D eigenvalue weighted by atomic mass is 16.5. The van der Waals surface area contributed by atoms with Gasteiger partial charge in [-0.2, -0.15) is 0 Å². The van der Waals surface area contributed by atoms with E-state index < -0.39 is 0 Å². The Morgan fingerprint density at radius 1 is 1.19 bits per heavy atom. The molecule has 0 spiro atoms. The van der Waals surface area contributed by atoms with Crippen molar-refractivity contribution >= 4 is 11.6 Å². The van der Waals surface area contributed by atoms with Gasteiger partial charge in [-0.15, -0.1) is 0 Å². The molecule has 0 bridgehead atoms. The van der Waals surface area contributed by atoms with E-state index in [9.17, 15) is 4.79 Å². The number of benzene rings is 1. The van der Waals surface area contributed by atoms with Gasteiger partial charge in [0.05, 0.1) is 6.04 Å². The second-order valence-corrected chi connectivity index (χ2v) is 7.12. The number of anilines is 1. The molecular formula is C20H26N4O2. The van der Waals surface area contributed by atoms with Crippen molar-refractivity contribution in [3.05, 3.63) is 42.5 Å². The van der Waals surface area contributed by atoms with Gasteiger partial charge in [0, 0.05) is 43.0 Å². The van der Waals surface area contributed by atoms with Crippen molar-refractivity contribution in [1.29, 1.82) is 0 Å². The lowest BCUT2D eigenvalue weighted by atomic mass is 10.1. The van der Waals surface area contributed by atoms with Crippen LogP contribution in [0.15, 0.2) is 36.7 Å². The Kier molecular flexibility index (Phi) is 5.04. The smallest absolute Gasteiger partial charge is 0.241 e. The van der Waals surface area contributed by atoms with E-state index in [0.717, 1.165) is 62.6 Å². The summed E-state index contributed by atoms with van der Waals surface area (Å²) in [6.45, 7) is 4.61. The number of aryl methyl sites for hydroxylation is 1. The average Bonchev–Trinajstić information content (AvgIpc) is 3.32. The maximum Gasteiger partial charge on any atom is 0.241 e. The van der Waals surface area contributed by atoms with Crippen molar-refractivity contribution in [3.8, 4) is 5.69 Å². The zero-order chi connectivity index (χ0) is 17.9. The number of carbonyl (C=O) groups is 1. The van der Waals surface area contributed by atoms with Crippen LogP contribution in [0.2, 0.25) is 0 Å². The highest BCUT2D eigenvalue weighted by Crippen LogP contribution is 2.26. The minimum absolute atomic E-state index is 0.0198. The SMILES string of the molecule is Cc1nccn1-c1ccc(NC(=O)[C@@H]2CCCN2C2CCOCC2)cc1. The van der Waals surface area contributed by atoms with Crippen LogP contribution in [-0.2, 0) is 9.53 Å². The second-order valence-electron chi connectivity index (χ2n) is 7.12. The van der Waals surface area contributed by atoms with Crippen LogP contribution in [0.4, 0.5) is 5.69 Å². The highest BCUT2D eigenvalue weighted by Gasteiger charge is 2.35. The van der Waals surface area contributed by atoms with E-state index in [1.54, 1.807) is 6.20 Å². The topological polar surface area (TPSA) is 59.4 Å². The number of amides is 1. The zero-order valence-electron chi connectivity index (χ0n) is 15.2. The van der Waals surface area contributed by atoms with Crippen LogP contribution in [0.5, 0.6) is 0 Å². The van der Waals surface area contributed by atoms with E-state index in [-0.39, 0.29) is 11.9 Å². The standard InChI is InChI=1S/C20H26N4O2/c1-15-21-10-12-23(15)17-6-4-16(5-7-17)22-20(25)19-3-2-11-24(19)18-8-13-26-14-9-18/h4-7,10,12,18-19H,2-3,8-9,11,13-14H2,1H3,(H,22,25)/t19-/m0/s1. The summed E-state index contributed by atoms with van der Waals surface area (Å²) < 4.78 is 7.49. The first-order valence-corrected chi connectivity index (χ1v) is 9.47. The highest BCUT2D eigenvalue weighted by molar-refractivity contribution is 5.95. The summed E-state index contributed by atoms with van der Waals surface area (Å²) in [6, 6.07) is 8.40. The monoisotopic (exact) mass is 354 g/mol. The van der Waals surface area contributed by atoms with Gasteiger partial charge in [0.15, 0.2) is 0 Å². The quantitative estimate of drug-likeness (QED) is 0.917. The van der Waals surface area contributed by atoms with E-state index in [1.807, 2.05) is 42.0 Å². The molecule has 1 amide bonds. The van der Waals surface area contributed by atoms with E-state index >= 15 is 0 Å². The van der Waals surface area contributed by atoms with Crippen LogP contribution >= 0.6 is 0 Å². The van der Waals surface area contributed by atoms with Gasteiger partial charge in [0.2, 0.25) is 5.91 Å². The molecule has 3 heterocycles. The van der Waals surface area contributed by atoms with Crippen molar-refractivity contribution in [2.24, 2.45) is 0 Å². The number of hydrogen-bond acceptors (Lipinski definition) is 4. The first-order chi connectivity index (χ1) is 12.7. The molecule has 0 aliphatic carbocycles. The van der Waals surface area contributed by atoms with Gasteiger partial charge < -0.3 is 14.6 Å². The molecule has 0 unspecified atom stereocenters. The van der Waals surface area contributed by atoms with Crippen molar-refractivity contribution in [3.63, 3.8) is 0 Å². The molecule has 1 atom stereocenters. The first kappa shape index (κ1) is 17.2. The van der Waals surface area contributed by atoms with Crippen molar-refractivity contribution < 1.29 is 9.53 Å². The molecule has 2 saturated heterocycles. The second kappa shape index (κ2) is 7.60. The number of imidazole rings is 1. The van der Waals surface area contributed by atoms with E-state index in [4.69, 9.17) is 4.74 Å². The lowest BCUT2D eigenvalue weighted by molar-refractivity contribution is -0.121. The van der Waals surface area contributed by atoms with E-state index in [2.05, 4.69) is 15.2 Å². The third kappa shape index (κ3) is 3.52. The Morgan fingerprint density at radius 2 is 1.96 bits per heavy atom. The van der Waals surface area contributed by atoms with Crippen LogP contribution in [0.3, 0.4) is 0 Å². The van der Waals surface area contributed by atoms with Gasteiger partial charge in [-0.3, -0.25) is 9.69 Å². The van der Waals surface area contributed by atoms with Crippen LogP contribution in [0.25, 0.3) is 5.69 Å². The number of rotatable bonds is 4. The number of nitrogens with zero attached hydrogens (tertiary/aromatic N) is 3. The summed E-state index contributed by atoms with van der Waals surface area (Å²) in [5.41, 5.74) is 1.89. The van der Waals surface area contributed by atoms with Crippen molar-refractivity contribution in [1.82, 2.24) is 14.5 Å². The number of hydrogen-bond donors (Lipinski definition) is 1. The molecule has 4 rings (SSSR count). The average molecular weight is 354 g/mol. The Balaban J connectivity index is 1.41. The predicted octanol–water partition coefficient (Wildman–Crippen LogP) is 2.76. The summed E-state index contributed by atoms with van der Waals surface area (Å²) in [7, 11) is 0. The minimum Gasteiger partial charge on any atom is -0.381 e. The normalized spacial score (nSPS) is 21.8. The molecule has 0 radical (unpaired) electrons. The molecule has 138 valence electrons. The Labute approximate surface area is 154 Å². The molecule has 6 nitrogen and oxygen atoms in total. The fourth-order valence-corrected chi connectivity index (χ4v) is 4.11. The zero-order valence-corrected chi connectivity index (χ0v) is 15.2. The summed E-state index contributed by atoms with van der Waals surface area (Å²) >= 11 is 0. The van der Waals surface area contributed by atoms with Crippen LogP contribution in [0, 0.1) is 6.92 Å². The maximum absolute atomic E-state index is 12.8. The van der Waals surface area contributed by atoms with Gasteiger partial charge in [0.1, 0.15) is 5.82 Å². The lowest BCUT2D eigenvalue weighted by Gasteiger charge is -2.34. The molecule has 2 fully saturated rings. The molecule has 2 aliphatic heterocycles. The summed E-state index contributed by atoms with van der Waals surface area (Å²) in [5, 5.41) is 3.10. The molecule has 1 aromatic heterocycles. The van der Waals surface area contributed by atoms with E-state index in [0.29, 0.717) is 6.04 Å². The van der Waals surface area contributed by atoms with E-state index in [1.165, 1.54) is 0 Å². The fraction of sp³-hybridized carbons (Fsp3) is 0.500. The molecule has 1 N–H and O–H groups in total. The van der Waals surface area contributed by atoms with Gasteiger partial charge in [-0.1, -0.05) is 0 Å². The molecule has 1 aromatic carbocycles. The number of aromatic nitrogens is 2. The van der Waals surface area contributed by atoms with Gasteiger partial charge in [0.25, 0.3) is 0 Å². The van der Waals surface area contributed by atoms with Crippen LogP contribution in [0.1, 0.15) is 31.5 Å². The molecular weight excluding hydrogens is 328 g/mol. The largest absolute Gasteiger partial charge is 0.381 e. The summed E-state index contributed by atoms with van der Waals surface area (Å²) in [6.07, 6.45) is 7.82. The number of carbonyl (C=O) groups excluding carboxylic acids is 1. The Morgan fingerprint density at radius 3 is 2.65 bits per heavy atom. The predicted molar refractivity (Wildman–Crippen MR) is 100 cm³/mol. The van der Waals surface area contributed by atoms with Crippen molar-refractivity contribution in [2.45, 2.75) is 44.7 Å². The van der Waals surface area contributed by atoms with Crippen molar-refractivity contribution in [2.75, 3.05) is 25.1 Å². The summed E-state index contributed by atoms with van der Waals surface area (Å²) in [5.74, 6) is 1.06. The Bertz CT molecular complexity index is 749. The number of likely N-dealkylation sites (tertiary alicyclic amines) is 1. The third-order valence-electron chi connectivity index (χ3n) is 5.50. The first-order valence-electron chi connectivity index (χ1n) is 9.47. The molecule has 6 heteroatoms. The number of ether oxygens (including phenoxy) is 1. The van der Waals surface area contributed by atoms with Gasteiger partial charge >= 0.3 is 0 Å². The molecule has 2 aromatic rings. The molecule has 0 saturated carbocycles. The number of nitrogens with one attached hydrogen (secondary N) is 1.